The van der Waals surface area contributed by atoms with Crippen LogP contribution in [0.25, 0.3) is 0 Å². The Morgan fingerprint density at radius 2 is 0.650 bits per heavy atom. The van der Waals surface area contributed by atoms with Crippen LogP contribution < -0.4 is 0 Å². The summed E-state index contributed by atoms with van der Waals surface area (Å²) in [5, 5.41) is 24.4. The van der Waals surface area contributed by atoms with Crippen LogP contribution in [0.1, 0.15) is 110 Å². The monoisotopic (exact) mass is 884 g/mol. The zero-order valence-electron chi connectivity index (χ0n) is 38.6. The Hall–Kier alpha value is -5.34. The average molecular weight is 885 g/mol. The largest absolute Gasteiger partial charge is 0.446 e. The highest BCUT2D eigenvalue weighted by molar-refractivity contribution is 7.12. The Kier molecular flexibility index (Phi) is 23.4. The van der Waals surface area contributed by atoms with E-state index in [1.54, 1.807) is 61.7 Å². The fraction of sp³-hybridized carbons (Fsp3) is 0.500. The van der Waals surface area contributed by atoms with Gasteiger partial charge in [-0.3, -0.25) is 0 Å². The van der Waals surface area contributed by atoms with Crippen LogP contribution in [0.2, 0.25) is 0 Å². The third-order valence-electron chi connectivity index (χ3n) is 7.56. The predicted octanol–water partition coefficient (Wildman–Crippen LogP) is 10.6. The molecule has 0 aliphatic carbocycles. The van der Waals surface area contributed by atoms with Gasteiger partial charge in [0.1, 0.15) is 17.1 Å². The minimum absolute atomic E-state index is 0.623. The number of aromatic nitrogens is 12. The number of nitrogens with zero attached hydrogens (tertiary/aromatic N) is 12. The molecule has 0 atom stereocenters. The molecule has 0 amide bonds. The number of thiazole rings is 3. The van der Waals surface area contributed by atoms with Crippen molar-refractivity contribution in [2.75, 3.05) is 0 Å². The van der Waals surface area contributed by atoms with Crippen LogP contribution in [0, 0.1) is 138 Å². The molecule has 0 saturated carbocycles. The number of oxazole rings is 1. The third kappa shape index (κ3) is 21.6. The molecule has 0 bridgehead atoms. The van der Waals surface area contributed by atoms with Crippen LogP contribution in [0.4, 0.5) is 0 Å². The summed E-state index contributed by atoms with van der Waals surface area (Å²) in [6.07, 6.45) is 0. The van der Waals surface area contributed by atoms with E-state index >= 15 is 0 Å². The maximum absolute atomic E-state index is 5.10. The summed E-state index contributed by atoms with van der Waals surface area (Å²) < 4.78 is 23.5. The van der Waals surface area contributed by atoms with Gasteiger partial charge in [0, 0.05) is 45.9 Å². The van der Waals surface area contributed by atoms with Crippen molar-refractivity contribution in [1.29, 1.82) is 0 Å². The molecule has 8 rings (SSSR count). The van der Waals surface area contributed by atoms with E-state index in [1.807, 2.05) is 90.0 Å². The summed E-state index contributed by atoms with van der Waals surface area (Å²) in [5.41, 5.74) is 6.23. The lowest BCUT2D eigenvalue weighted by molar-refractivity contribution is 0.373. The van der Waals surface area contributed by atoms with E-state index in [4.69, 9.17) is 4.42 Å². The molecular formula is C40H60N12O5S3. The molecule has 0 aliphatic heterocycles. The molecule has 0 aromatic carbocycles. The molecule has 0 saturated heterocycles. The van der Waals surface area contributed by atoms with Crippen molar-refractivity contribution in [1.82, 2.24) is 61.0 Å². The Labute approximate surface area is 364 Å². The molecule has 328 valence electrons. The van der Waals surface area contributed by atoms with Crippen LogP contribution >= 0.6 is 34.0 Å². The second-order valence-electron chi connectivity index (χ2n) is 13.0. The summed E-state index contributed by atoms with van der Waals surface area (Å²) in [5.74, 6) is 5.88. The molecule has 0 spiro atoms. The Balaban J connectivity index is 0.000000343. The maximum atomic E-state index is 5.10. The molecule has 8 heterocycles. The molecule has 0 fully saturated rings. The first-order valence-corrected chi connectivity index (χ1v) is 21.1. The maximum Gasteiger partial charge on any atom is 0.223 e. The first-order chi connectivity index (χ1) is 28.0. The predicted molar refractivity (Wildman–Crippen MR) is 235 cm³/mol. The van der Waals surface area contributed by atoms with Crippen LogP contribution in [0.5, 0.6) is 0 Å². The van der Waals surface area contributed by atoms with Crippen LogP contribution in [-0.4, -0.2) is 61.0 Å². The SMILES string of the molecule is Cc1nc(C)c(C)o1.Cc1nc(C)c(C)s1.Cc1nc(C)c(C)s1.Cc1nc(C)c(C)s1.Cc1nnoc1C.Cc1nnoc1C.Cc1noc(C)n1.Cc1noc(C)n1. The summed E-state index contributed by atoms with van der Waals surface area (Å²) in [7, 11) is 0. The van der Waals surface area contributed by atoms with Crippen LogP contribution in [-0.2, 0) is 0 Å². The van der Waals surface area contributed by atoms with E-state index in [-0.39, 0.29) is 0 Å². The highest BCUT2D eigenvalue weighted by Crippen LogP contribution is 2.15. The summed E-state index contributed by atoms with van der Waals surface area (Å²) in [6.45, 7) is 38.7. The van der Waals surface area contributed by atoms with E-state index < -0.39 is 0 Å². The molecular weight excluding hydrogens is 825 g/mol. The van der Waals surface area contributed by atoms with Gasteiger partial charge < -0.3 is 22.5 Å². The average Bonchev–Trinajstić information content (AvgIpc) is 4.06. The lowest BCUT2D eigenvalue weighted by Gasteiger charge is -1.77. The number of aryl methyl sites for hydroxylation is 20. The molecule has 0 radical (unpaired) electrons. The van der Waals surface area contributed by atoms with Crippen molar-refractivity contribution in [3.8, 4) is 0 Å². The van der Waals surface area contributed by atoms with E-state index in [0.717, 1.165) is 40.3 Å². The van der Waals surface area contributed by atoms with Crippen molar-refractivity contribution >= 4 is 34.0 Å². The zero-order valence-corrected chi connectivity index (χ0v) is 41.1. The number of rotatable bonds is 0. The van der Waals surface area contributed by atoms with Crippen molar-refractivity contribution in [3.63, 3.8) is 0 Å². The van der Waals surface area contributed by atoms with Gasteiger partial charge in [-0.25, -0.2) is 19.9 Å². The van der Waals surface area contributed by atoms with Crippen molar-refractivity contribution in [2.24, 2.45) is 0 Å². The van der Waals surface area contributed by atoms with Crippen LogP contribution in [0.15, 0.2) is 22.5 Å². The second kappa shape index (κ2) is 26.7. The van der Waals surface area contributed by atoms with Gasteiger partial charge in [0.15, 0.2) is 29.1 Å². The lowest BCUT2D eigenvalue weighted by Crippen LogP contribution is -1.71. The topological polar surface area (TPSA) is 220 Å². The highest BCUT2D eigenvalue weighted by atomic mass is 32.1. The molecule has 20 heteroatoms. The molecule has 60 heavy (non-hydrogen) atoms. The Morgan fingerprint density at radius 3 is 0.717 bits per heavy atom. The summed E-state index contributed by atoms with van der Waals surface area (Å²) in [4.78, 5) is 28.4. The van der Waals surface area contributed by atoms with Gasteiger partial charge in [-0.15, -0.1) is 44.2 Å². The van der Waals surface area contributed by atoms with E-state index in [1.165, 1.54) is 46.7 Å². The van der Waals surface area contributed by atoms with Gasteiger partial charge in [0.25, 0.3) is 0 Å². The van der Waals surface area contributed by atoms with E-state index in [0.29, 0.717) is 23.4 Å². The summed E-state index contributed by atoms with van der Waals surface area (Å²) in [6, 6.07) is 0. The van der Waals surface area contributed by atoms with Gasteiger partial charge >= 0.3 is 0 Å². The minimum Gasteiger partial charge on any atom is -0.446 e. The van der Waals surface area contributed by atoms with Crippen LogP contribution in [0.3, 0.4) is 0 Å². The molecule has 0 unspecified atom stereocenters. The van der Waals surface area contributed by atoms with Crippen molar-refractivity contribution in [3.05, 3.63) is 110 Å². The number of hydrogen-bond donors (Lipinski definition) is 0. The Bertz CT molecular complexity index is 2000. The first-order valence-electron chi connectivity index (χ1n) is 18.7. The molecule has 0 aliphatic rings. The quantitative estimate of drug-likeness (QED) is 0.138. The van der Waals surface area contributed by atoms with E-state index in [2.05, 4.69) is 99.8 Å². The third-order valence-corrected chi connectivity index (χ3v) is 10.5. The van der Waals surface area contributed by atoms with Gasteiger partial charge in [-0.05, 0) is 118 Å². The van der Waals surface area contributed by atoms with E-state index in [9.17, 15) is 0 Å². The molecule has 0 N–H and O–H groups in total. The van der Waals surface area contributed by atoms with Crippen molar-refractivity contribution in [2.45, 2.75) is 138 Å². The molecule has 8 aromatic rings. The smallest absolute Gasteiger partial charge is 0.223 e. The first kappa shape index (κ1) is 52.7. The summed E-state index contributed by atoms with van der Waals surface area (Å²) >= 11 is 5.27. The highest BCUT2D eigenvalue weighted by Gasteiger charge is 1.99. The Morgan fingerprint density at radius 1 is 0.317 bits per heavy atom. The van der Waals surface area contributed by atoms with Gasteiger partial charge in [-0.1, -0.05) is 10.3 Å². The molecule has 8 aromatic heterocycles. The normalized spacial score (nSPS) is 9.67. The van der Waals surface area contributed by atoms with Gasteiger partial charge in [0.2, 0.25) is 11.8 Å². The van der Waals surface area contributed by atoms with Gasteiger partial charge in [-0.2, -0.15) is 9.97 Å². The van der Waals surface area contributed by atoms with Crippen molar-refractivity contribution < 1.29 is 22.5 Å². The minimum atomic E-state index is 0.623. The molecule has 17 nitrogen and oxygen atoms in total. The zero-order chi connectivity index (χ0) is 45.7. The fourth-order valence-electron chi connectivity index (χ4n) is 3.89. The lowest BCUT2D eigenvalue weighted by atomic mass is 10.4. The fourth-order valence-corrected chi connectivity index (χ4v) is 6.35. The standard InChI is InChI=1S/C6H9NO.3C6H9NS.4C4H6N2O/c4*1-4-5(2)8-6(3)7-4;2*1-3-5-4(2)7-6-3;2*1-3-4(2)7-6-5-3/h4*1-3H3;4*1-2H3. The number of hydrogen-bond acceptors (Lipinski definition) is 20. The van der Waals surface area contributed by atoms with Gasteiger partial charge in [0.05, 0.1) is 37.8 Å². The second-order valence-corrected chi connectivity index (χ2v) is 17.3.